The number of anilines is 1. The van der Waals surface area contributed by atoms with Crippen LogP contribution in [-0.2, 0) is 0 Å². The third-order valence-electron chi connectivity index (χ3n) is 6.57. The van der Waals surface area contributed by atoms with Gasteiger partial charge >= 0.3 is 0 Å². The molecular weight excluding hydrogens is 511 g/mol. The number of nitrogens with zero attached hydrogens (tertiary/aromatic N) is 2. The van der Waals surface area contributed by atoms with Crippen molar-refractivity contribution in [3.05, 3.63) is 87.0 Å². The predicted octanol–water partition coefficient (Wildman–Crippen LogP) is 5.63. The van der Waals surface area contributed by atoms with E-state index < -0.39 is 17.8 Å². The third-order valence-corrected chi connectivity index (χ3v) is 7.59. The van der Waals surface area contributed by atoms with E-state index in [0.29, 0.717) is 49.1 Å². The van der Waals surface area contributed by atoms with Gasteiger partial charge in [-0.3, -0.25) is 14.5 Å². The molecule has 1 atom stereocenters. The summed E-state index contributed by atoms with van der Waals surface area (Å²) in [5.74, 6) is 0.0634. The van der Waals surface area contributed by atoms with Gasteiger partial charge in [0.2, 0.25) is 11.5 Å². The monoisotopic (exact) mass is 532 g/mol. The quantitative estimate of drug-likeness (QED) is 0.290. The van der Waals surface area contributed by atoms with E-state index in [4.69, 9.17) is 18.6 Å². The molecule has 0 aliphatic carbocycles. The van der Waals surface area contributed by atoms with Gasteiger partial charge in [0.1, 0.15) is 11.4 Å². The maximum Gasteiger partial charge on any atom is 0.297 e. The molecule has 0 saturated carbocycles. The number of ether oxygens (including phenoxy) is 3. The van der Waals surface area contributed by atoms with Crippen molar-refractivity contribution < 1.29 is 27.8 Å². The van der Waals surface area contributed by atoms with Crippen molar-refractivity contribution in [3.63, 3.8) is 0 Å². The Hall–Kier alpha value is -4.44. The first-order valence-electron chi connectivity index (χ1n) is 11.6. The lowest BCUT2D eigenvalue weighted by Crippen LogP contribution is -2.29. The number of carbonyl (C=O) groups excluding carboxylic acids is 1. The Morgan fingerprint density at radius 1 is 0.974 bits per heavy atom. The number of rotatable bonds is 5. The van der Waals surface area contributed by atoms with Crippen molar-refractivity contribution in [1.29, 1.82) is 0 Å². The number of aromatic nitrogens is 1. The molecule has 0 radical (unpaired) electrons. The Balaban J connectivity index is 1.66. The van der Waals surface area contributed by atoms with Gasteiger partial charge in [-0.05, 0) is 55.0 Å². The number of thiazole rings is 1. The van der Waals surface area contributed by atoms with Gasteiger partial charge in [0, 0.05) is 0 Å². The van der Waals surface area contributed by atoms with E-state index >= 15 is 0 Å². The first kappa shape index (κ1) is 23.9. The summed E-state index contributed by atoms with van der Waals surface area (Å²) in [4.78, 5) is 33.9. The Morgan fingerprint density at radius 2 is 1.71 bits per heavy atom. The summed E-state index contributed by atoms with van der Waals surface area (Å²) in [6, 6.07) is 11.9. The minimum Gasteiger partial charge on any atom is -0.493 e. The van der Waals surface area contributed by atoms with Gasteiger partial charge in [-0.15, -0.1) is 0 Å². The van der Waals surface area contributed by atoms with Crippen LogP contribution in [-0.4, -0.2) is 32.2 Å². The topological polar surface area (TPSA) is 91.1 Å². The fourth-order valence-corrected chi connectivity index (χ4v) is 5.87. The largest absolute Gasteiger partial charge is 0.493 e. The molecule has 38 heavy (non-hydrogen) atoms. The molecule has 192 valence electrons. The second-order valence-electron chi connectivity index (χ2n) is 8.82. The van der Waals surface area contributed by atoms with Crippen molar-refractivity contribution in [2.24, 2.45) is 0 Å². The van der Waals surface area contributed by atoms with E-state index in [1.165, 1.54) is 38.4 Å². The molecule has 0 bridgehead atoms. The molecule has 0 fully saturated rings. The maximum absolute atomic E-state index is 13.9. The number of halogens is 1. The highest BCUT2D eigenvalue weighted by atomic mass is 32.1. The molecule has 0 N–H and O–H groups in total. The normalized spacial score (nSPS) is 14.8. The highest BCUT2D eigenvalue weighted by Crippen LogP contribution is 2.47. The zero-order valence-corrected chi connectivity index (χ0v) is 21.6. The van der Waals surface area contributed by atoms with Gasteiger partial charge in [-0.2, -0.15) is 0 Å². The Kier molecular flexibility index (Phi) is 5.57. The number of hydrogen-bond acceptors (Lipinski definition) is 8. The maximum atomic E-state index is 13.9. The van der Waals surface area contributed by atoms with Crippen LogP contribution in [0, 0.1) is 12.7 Å². The zero-order chi connectivity index (χ0) is 26.7. The molecule has 0 saturated heterocycles. The van der Waals surface area contributed by atoms with Crippen LogP contribution in [0.25, 0.3) is 21.2 Å². The number of benzene rings is 3. The summed E-state index contributed by atoms with van der Waals surface area (Å²) in [5, 5.41) is 0.655. The highest BCUT2D eigenvalue weighted by molar-refractivity contribution is 7.22. The van der Waals surface area contributed by atoms with Gasteiger partial charge in [0.05, 0.1) is 48.5 Å². The van der Waals surface area contributed by atoms with E-state index in [0.717, 1.165) is 16.9 Å². The second-order valence-corrected chi connectivity index (χ2v) is 9.83. The van der Waals surface area contributed by atoms with E-state index in [2.05, 4.69) is 4.98 Å². The number of methoxy groups -OCH3 is 3. The Morgan fingerprint density at radius 3 is 2.39 bits per heavy atom. The van der Waals surface area contributed by atoms with Crippen LogP contribution in [0.2, 0.25) is 0 Å². The third kappa shape index (κ3) is 3.52. The smallest absolute Gasteiger partial charge is 0.297 e. The zero-order valence-electron chi connectivity index (χ0n) is 20.8. The van der Waals surface area contributed by atoms with Gasteiger partial charge in [-0.25, -0.2) is 9.37 Å². The van der Waals surface area contributed by atoms with E-state index in [1.807, 2.05) is 13.0 Å². The fourth-order valence-electron chi connectivity index (χ4n) is 4.85. The molecule has 5 aromatic rings. The van der Waals surface area contributed by atoms with Crippen LogP contribution in [0.5, 0.6) is 17.2 Å². The van der Waals surface area contributed by atoms with Crippen LogP contribution in [0.4, 0.5) is 9.52 Å². The molecule has 3 heterocycles. The van der Waals surface area contributed by atoms with Crippen LogP contribution in [0.15, 0.2) is 57.7 Å². The predicted molar refractivity (Wildman–Crippen MR) is 142 cm³/mol. The summed E-state index contributed by atoms with van der Waals surface area (Å²) in [6.45, 7) is 1.88. The van der Waals surface area contributed by atoms with Crippen molar-refractivity contribution >= 4 is 43.6 Å². The summed E-state index contributed by atoms with van der Waals surface area (Å²) in [7, 11) is 4.46. The van der Waals surface area contributed by atoms with Gasteiger partial charge in [0.25, 0.3) is 5.91 Å². The van der Waals surface area contributed by atoms with Crippen LogP contribution < -0.4 is 24.5 Å². The van der Waals surface area contributed by atoms with Crippen LogP contribution in [0.1, 0.15) is 33.3 Å². The number of aryl methyl sites for hydroxylation is 1. The van der Waals surface area contributed by atoms with Crippen molar-refractivity contribution in [1.82, 2.24) is 4.98 Å². The minimum absolute atomic E-state index is 0.0736. The SMILES string of the molecule is COc1cc([C@H]2c3c(oc4ccc(C)cc4c3=O)C(=O)N2c2nc3ccc(F)cc3s2)cc(OC)c1OC. The van der Waals surface area contributed by atoms with E-state index in [-0.39, 0.29) is 16.8 Å². The molecule has 2 aromatic heterocycles. The number of fused-ring (bicyclic) bond motifs is 3. The van der Waals surface area contributed by atoms with Gasteiger partial charge < -0.3 is 18.6 Å². The molecule has 10 heteroatoms. The Bertz CT molecular complexity index is 1800. The molecule has 8 nitrogen and oxygen atoms in total. The lowest BCUT2D eigenvalue weighted by atomic mass is 9.97. The van der Waals surface area contributed by atoms with Gasteiger partial charge in [-0.1, -0.05) is 23.0 Å². The van der Waals surface area contributed by atoms with Crippen molar-refractivity contribution in [2.45, 2.75) is 13.0 Å². The first-order chi connectivity index (χ1) is 18.3. The van der Waals surface area contributed by atoms with Crippen LogP contribution in [0.3, 0.4) is 0 Å². The minimum atomic E-state index is -0.919. The van der Waals surface area contributed by atoms with Gasteiger partial charge in [0.15, 0.2) is 22.1 Å². The summed E-state index contributed by atoms with van der Waals surface area (Å²) in [6.07, 6.45) is 0. The molecule has 1 amide bonds. The molecular formula is C28H21FN2O6S. The Labute approximate surface area is 219 Å². The average molecular weight is 533 g/mol. The summed E-state index contributed by atoms with van der Waals surface area (Å²) in [5.41, 5.74) is 2.09. The molecule has 0 spiro atoms. The lowest BCUT2D eigenvalue weighted by Gasteiger charge is -2.24. The standard InChI is InChI=1S/C28H21FN2O6S/c1-13-5-8-18-16(9-13)24(32)22-23(14-10-19(34-2)25(36-4)20(11-14)35-3)31(27(33)26(22)37-18)28-30-17-7-6-15(29)12-21(17)38-28/h5-12,23H,1-4H3/t23-/m0/s1. The lowest BCUT2D eigenvalue weighted by molar-refractivity contribution is 0.0971. The molecule has 0 unspecified atom stereocenters. The number of hydrogen-bond donors (Lipinski definition) is 0. The van der Waals surface area contributed by atoms with Crippen molar-refractivity contribution in [3.8, 4) is 17.2 Å². The second kappa shape index (κ2) is 8.84. The van der Waals surface area contributed by atoms with E-state index in [1.54, 1.807) is 30.3 Å². The fraction of sp³-hybridized carbons (Fsp3) is 0.179. The highest BCUT2D eigenvalue weighted by Gasteiger charge is 2.45. The van der Waals surface area contributed by atoms with E-state index in [9.17, 15) is 14.0 Å². The average Bonchev–Trinajstić information content (AvgIpc) is 3.46. The molecule has 6 rings (SSSR count). The molecule has 3 aromatic carbocycles. The summed E-state index contributed by atoms with van der Waals surface area (Å²) >= 11 is 1.14. The number of amides is 1. The first-order valence-corrected chi connectivity index (χ1v) is 12.4. The van der Waals surface area contributed by atoms with Crippen LogP contribution >= 0.6 is 11.3 Å². The summed E-state index contributed by atoms with van der Waals surface area (Å²) < 4.78 is 37.1. The van der Waals surface area contributed by atoms with Crippen molar-refractivity contribution in [2.75, 3.05) is 26.2 Å². The molecule has 1 aliphatic rings. The number of carbonyl (C=O) groups is 1. The molecule has 1 aliphatic heterocycles.